The Kier molecular flexibility index (Phi) is 6.13. The molecule has 0 aliphatic carbocycles. The highest BCUT2D eigenvalue weighted by molar-refractivity contribution is 6.42. The van der Waals surface area contributed by atoms with Crippen LogP contribution in [0.1, 0.15) is 26.3 Å². The summed E-state index contributed by atoms with van der Waals surface area (Å²) in [6, 6.07) is 15.2. The number of non-ortho nitro benzene ring substituents is 1. The molecule has 0 saturated carbocycles. The molecule has 1 heterocycles. The first-order valence-electron chi connectivity index (χ1n) is 9.72. The van der Waals surface area contributed by atoms with Gasteiger partial charge in [0, 0.05) is 24.2 Å². The average Bonchev–Trinajstić information content (AvgIpc) is 3.05. The van der Waals surface area contributed by atoms with Crippen molar-refractivity contribution in [2.24, 2.45) is 0 Å². The molecule has 8 nitrogen and oxygen atoms in total. The van der Waals surface area contributed by atoms with E-state index in [9.17, 15) is 24.5 Å². The summed E-state index contributed by atoms with van der Waals surface area (Å²) in [7, 11) is 0. The third kappa shape index (κ3) is 4.44. The molecule has 0 aromatic heterocycles. The number of nitrogens with zero attached hydrogens (tertiary/aromatic N) is 2. The van der Waals surface area contributed by atoms with Gasteiger partial charge in [-0.3, -0.25) is 29.4 Å². The Morgan fingerprint density at radius 2 is 1.55 bits per heavy atom. The summed E-state index contributed by atoms with van der Waals surface area (Å²) in [4.78, 5) is 50.7. The number of imide groups is 1. The third-order valence-electron chi connectivity index (χ3n) is 5.20. The number of hydrogen-bond donors (Lipinski definition) is 1. The second-order valence-electron chi connectivity index (χ2n) is 7.29. The Morgan fingerprint density at radius 1 is 0.939 bits per heavy atom. The maximum Gasteiger partial charge on any atom is 0.269 e. The maximum atomic E-state index is 13.3. The van der Waals surface area contributed by atoms with Gasteiger partial charge in [-0.15, -0.1) is 0 Å². The van der Waals surface area contributed by atoms with Crippen LogP contribution in [-0.2, 0) is 11.2 Å². The number of anilines is 1. The summed E-state index contributed by atoms with van der Waals surface area (Å²) >= 11 is 11.9. The summed E-state index contributed by atoms with van der Waals surface area (Å²) in [6.07, 6.45) is -0.0450. The number of benzene rings is 3. The van der Waals surface area contributed by atoms with Crippen molar-refractivity contribution >= 4 is 52.3 Å². The van der Waals surface area contributed by atoms with E-state index < -0.39 is 28.7 Å². The van der Waals surface area contributed by atoms with Crippen LogP contribution in [0.5, 0.6) is 0 Å². The number of nitro benzene ring substituents is 1. The fourth-order valence-corrected chi connectivity index (χ4v) is 3.87. The van der Waals surface area contributed by atoms with Crippen LogP contribution in [0.4, 0.5) is 11.4 Å². The topological polar surface area (TPSA) is 110 Å². The van der Waals surface area contributed by atoms with Crippen molar-refractivity contribution in [2.75, 3.05) is 5.32 Å². The molecule has 1 N–H and O–H groups in total. The Bertz CT molecular complexity index is 1260. The fourth-order valence-electron chi connectivity index (χ4n) is 3.57. The summed E-state index contributed by atoms with van der Waals surface area (Å²) in [5.74, 6) is -1.81. The lowest BCUT2D eigenvalue weighted by molar-refractivity contribution is -0.384. The molecular formula is C23H15Cl2N3O5. The van der Waals surface area contributed by atoms with Crippen LogP contribution >= 0.6 is 23.2 Å². The Balaban J connectivity index is 1.68. The highest BCUT2D eigenvalue weighted by Gasteiger charge is 2.42. The SMILES string of the molecule is O=C(Nc1ccc(Cl)c(Cl)c1)[C@@H](Cc1ccc([N+](=O)[O-])cc1)N1C(=O)c2ccccc2C1=O. The lowest BCUT2D eigenvalue weighted by Crippen LogP contribution is -2.48. The summed E-state index contributed by atoms with van der Waals surface area (Å²) < 4.78 is 0. The lowest BCUT2D eigenvalue weighted by Gasteiger charge is -2.25. The molecule has 0 bridgehead atoms. The molecule has 3 amide bonds. The van der Waals surface area contributed by atoms with Crippen molar-refractivity contribution in [1.29, 1.82) is 0 Å². The van der Waals surface area contributed by atoms with E-state index in [4.69, 9.17) is 23.2 Å². The minimum absolute atomic E-state index is 0.0450. The largest absolute Gasteiger partial charge is 0.324 e. The van der Waals surface area contributed by atoms with Crippen LogP contribution in [0.15, 0.2) is 66.7 Å². The van der Waals surface area contributed by atoms with Gasteiger partial charge in [0.1, 0.15) is 6.04 Å². The number of hydrogen-bond acceptors (Lipinski definition) is 5. The summed E-state index contributed by atoms with van der Waals surface area (Å²) in [5.41, 5.74) is 1.17. The first kappa shape index (κ1) is 22.4. The number of nitro groups is 1. The first-order chi connectivity index (χ1) is 15.8. The number of amides is 3. The van der Waals surface area contributed by atoms with Gasteiger partial charge in [0.15, 0.2) is 0 Å². The number of carbonyl (C=O) groups is 3. The van der Waals surface area contributed by atoms with Gasteiger partial charge in [-0.1, -0.05) is 47.5 Å². The van der Waals surface area contributed by atoms with Crippen molar-refractivity contribution < 1.29 is 19.3 Å². The van der Waals surface area contributed by atoms with Crippen LogP contribution in [0.2, 0.25) is 10.0 Å². The Labute approximate surface area is 197 Å². The number of fused-ring (bicyclic) bond motifs is 1. The Hall–Kier alpha value is -3.75. The van der Waals surface area contributed by atoms with Gasteiger partial charge in [-0.25, -0.2) is 0 Å². The van der Waals surface area contributed by atoms with E-state index >= 15 is 0 Å². The van der Waals surface area contributed by atoms with E-state index in [2.05, 4.69) is 5.32 Å². The fraction of sp³-hybridized carbons (Fsp3) is 0.0870. The standard InChI is InChI=1S/C23H15Cl2N3O5/c24-18-10-7-14(12-19(18)25)26-21(29)20(11-13-5-8-15(9-6-13)28(32)33)27-22(30)16-3-1-2-4-17(16)23(27)31/h1-10,12,20H,11H2,(H,26,29)/t20-/m1/s1. The zero-order valence-electron chi connectivity index (χ0n) is 16.8. The van der Waals surface area contributed by atoms with Crippen molar-refractivity contribution in [3.05, 3.63) is 104 Å². The van der Waals surface area contributed by atoms with Gasteiger partial charge in [0.2, 0.25) is 5.91 Å². The molecule has 3 aromatic carbocycles. The second-order valence-corrected chi connectivity index (χ2v) is 8.10. The van der Waals surface area contributed by atoms with E-state index in [1.807, 2.05) is 0 Å². The van der Waals surface area contributed by atoms with E-state index in [0.29, 0.717) is 16.3 Å². The Morgan fingerprint density at radius 3 is 2.09 bits per heavy atom. The normalized spacial score (nSPS) is 13.6. The minimum Gasteiger partial charge on any atom is -0.324 e. The van der Waals surface area contributed by atoms with Crippen molar-refractivity contribution in [1.82, 2.24) is 4.90 Å². The minimum atomic E-state index is -1.21. The molecule has 0 spiro atoms. The molecule has 0 fully saturated rings. The molecule has 166 valence electrons. The summed E-state index contributed by atoms with van der Waals surface area (Å²) in [5, 5.41) is 14.1. The van der Waals surface area contributed by atoms with E-state index in [1.54, 1.807) is 12.1 Å². The quantitative estimate of drug-likeness (QED) is 0.309. The van der Waals surface area contributed by atoms with Crippen LogP contribution in [0.3, 0.4) is 0 Å². The first-order valence-corrected chi connectivity index (χ1v) is 10.5. The van der Waals surface area contributed by atoms with Crippen LogP contribution in [-0.4, -0.2) is 33.6 Å². The van der Waals surface area contributed by atoms with Crippen LogP contribution < -0.4 is 5.32 Å². The molecule has 33 heavy (non-hydrogen) atoms. The van der Waals surface area contributed by atoms with Gasteiger partial charge >= 0.3 is 0 Å². The second kappa shape index (κ2) is 9.01. The maximum absolute atomic E-state index is 13.3. The molecular weight excluding hydrogens is 469 g/mol. The predicted octanol–water partition coefficient (Wildman–Crippen LogP) is 4.75. The molecule has 1 aliphatic heterocycles. The van der Waals surface area contributed by atoms with Crippen molar-refractivity contribution in [3.8, 4) is 0 Å². The molecule has 3 aromatic rings. The summed E-state index contributed by atoms with van der Waals surface area (Å²) in [6.45, 7) is 0. The molecule has 4 rings (SSSR count). The zero-order valence-corrected chi connectivity index (χ0v) is 18.3. The monoisotopic (exact) mass is 483 g/mol. The van der Waals surface area contributed by atoms with E-state index in [-0.39, 0.29) is 28.3 Å². The van der Waals surface area contributed by atoms with Gasteiger partial charge in [0.05, 0.1) is 26.1 Å². The molecule has 1 aliphatic rings. The van der Waals surface area contributed by atoms with Crippen LogP contribution in [0, 0.1) is 10.1 Å². The molecule has 0 radical (unpaired) electrons. The molecule has 1 atom stereocenters. The molecule has 0 saturated heterocycles. The zero-order chi connectivity index (χ0) is 23.7. The highest BCUT2D eigenvalue weighted by atomic mass is 35.5. The number of rotatable bonds is 6. The van der Waals surface area contributed by atoms with Crippen LogP contribution in [0.25, 0.3) is 0 Å². The van der Waals surface area contributed by atoms with Gasteiger partial charge in [-0.05, 0) is 35.9 Å². The lowest BCUT2D eigenvalue weighted by atomic mass is 10.0. The third-order valence-corrected chi connectivity index (χ3v) is 5.94. The number of halogens is 2. The number of carbonyl (C=O) groups excluding carboxylic acids is 3. The molecule has 10 heteroatoms. The highest BCUT2D eigenvalue weighted by Crippen LogP contribution is 2.28. The van der Waals surface area contributed by atoms with Crippen molar-refractivity contribution in [3.63, 3.8) is 0 Å². The molecule has 0 unspecified atom stereocenters. The van der Waals surface area contributed by atoms with Gasteiger partial charge in [-0.2, -0.15) is 0 Å². The van der Waals surface area contributed by atoms with E-state index in [1.165, 1.54) is 54.6 Å². The predicted molar refractivity (Wildman–Crippen MR) is 123 cm³/mol. The number of nitrogens with one attached hydrogen (secondary N) is 1. The average molecular weight is 484 g/mol. The van der Waals surface area contributed by atoms with Crippen molar-refractivity contribution in [2.45, 2.75) is 12.5 Å². The van der Waals surface area contributed by atoms with Gasteiger partial charge in [0.25, 0.3) is 17.5 Å². The smallest absolute Gasteiger partial charge is 0.269 e. The van der Waals surface area contributed by atoms with E-state index in [0.717, 1.165) is 4.90 Å². The van der Waals surface area contributed by atoms with Gasteiger partial charge < -0.3 is 5.32 Å².